The van der Waals surface area contributed by atoms with Crippen LogP contribution < -0.4 is 15.8 Å². The average Bonchev–Trinajstić information content (AvgIpc) is 2.42. The Hall–Kier alpha value is -1.06. The molecule has 3 nitrogen and oxygen atoms in total. The van der Waals surface area contributed by atoms with E-state index in [4.69, 9.17) is 10.5 Å². The summed E-state index contributed by atoms with van der Waals surface area (Å²) >= 11 is 0. The van der Waals surface area contributed by atoms with Gasteiger partial charge >= 0.3 is 0 Å². The maximum atomic E-state index is 5.50. The van der Waals surface area contributed by atoms with E-state index < -0.39 is 0 Å². The molecule has 0 saturated heterocycles. The van der Waals surface area contributed by atoms with Crippen LogP contribution in [0.1, 0.15) is 30.4 Å². The molecule has 100 valence electrons. The van der Waals surface area contributed by atoms with Crippen molar-refractivity contribution >= 4 is 0 Å². The Kier molecular flexibility index (Phi) is 5.02. The number of nitrogens with one attached hydrogen (secondary N) is 1. The second-order valence-electron chi connectivity index (χ2n) is 5.02. The molecule has 3 N–H and O–H groups in total. The molecule has 1 aliphatic rings. The third-order valence-electron chi connectivity index (χ3n) is 3.71. The van der Waals surface area contributed by atoms with Gasteiger partial charge in [0.05, 0.1) is 7.11 Å². The molecule has 3 heteroatoms. The molecule has 0 radical (unpaired) electrons. The lowest BCUT2D eigenvalue weighted by Crippen LogP contribution is -2.35. The normalized spacial score (nSPS) is 18.4. The minimum absolute atomic E-state index is 0.613. The van der Waals surface area contributed by atoms with Gasteiger partial charge in [-0.15, -0.1) is 0 Å². The van der Waals surface area contributed by atoms with E-state index in [9.17, 15) is 0 Å². The summed E-state index contributed by atoms with van der Waals surface area (Å²) in [5, 5.41) is 3.64. The average molecular weight is 248 g/mol. The third-order valence-corrected chi connectivity index (χ3v) is 3.71. The van der Waals surface area contributed by atoms with Crippen molar-refractivity contribution in [3.63, 3.8) is 0 Å². The summed E-state index contributed by atoms with van der Waals surface area (Å²) in [6, 6.07) is 7.07. The van der Waals surface area contributed by atoms with Crippen molar-refractivity contribution in [2.75, 3.05) is 20.2 Å². The van der Waals surface area contributed by atoms with Gasteiger partial charge in [-0.3, -0.25) is 0 Å². The highest BCUT2D eigenvalue weighted by Crippen LogP contribution is 2.25. The highest BCUT2D eigenvalue weighted by atomic mass is 16.5. The SMILES string of the molecule is COc1ccc2c(c1)CC(NCCCCN)CC2. The first-order valence-corrected chi connectivity index (χ1v) is 6.92. The van der Waals surface area contributed by atoms with Crippen LogP contribution in [0.15, 0.2) is 18.2 Å². The Morgan fingerprint density at radius 3 is 3.00 bits per heavy atom. The summed E-state index contributed by atoms with van der Waals surface area (Å²) in [5.74, 6) is 0.970. The zero-order valence-electron chi connectivity index (χ0n) is 11.2. The second kappa shape index (κ2) is 6.76. The highest BCUT2D eigenvalue weighted by Gasteiger charge is 2.18. The molecular weight excluding hydrogens is 224 g/mol. The Morgan fingerprint density at radius 2 is 2.22 bits per heavy atom. The first-order valence-electron chi connectivity index (χ1n) is 6.92. The van der Waals surface area contributed by atoms with Gasteiger partial charge in [-0.25, -0.2) is 0 Å². The van der Waals surface area contributed by atoms with Gasteiger partial charge in [0.25, 0.3) is 0 Å². The molecule has 1 atom stereocenters. The molecule has 0 saturated carbocycles. The van der Waals surface area contributed by atoms with Crippen molar-refractivity contribution in [1.29, 1.82) is 0 Å². The Labute approximate surface area is 110 Å². The van der Waals surface area contributed by atoms with E-state index in [0.717, 1.165) is 31.7 Å². The molecule has 1 unspecified atom stereocenters. The fraction of sp³-hybridized carbons (Fsp3) is 0.600. The fourth-order valence-electron chi connectivity index (χ4n) is 2.61. The van der Waals surface area contributed by atoms with E-state index in [-0.39, 0.29) is 0 Å². The van der Waals surface area contributed by atoms with Crippen molar-refractivity contribution in [2.45, 2.75) is 38.1 Å². The fourth-order valence-corrected chi connectivity index (χ4v) is 2.61. The minimum Gasteiger partial charge on any atom is -0.497 e. The molecule has 0 aromatic heterocycles. The van der Waals surface area contributed by atoms with Crippen molar-refractivity contribution in [3.05, 3.63) is 29.3 Å². The van der Waals surface area contributed by atoms with E-state index in [1.54, 1.807) is 7.11 Å². The van der Waals surface area contributed by atoms with Crippen LogP contribution in [0.5, 0.6) is 5.75 Å². The lowest BCUT2D eigenvalue weighted by Gasteiger charge is -2.26. The zero-order valence-corrected chi connectivity index (χ0v) is 11.2. The first-order chi connectivity index (χ1) is 8.83. The van der Waals surface area contributed by atoms with Gasteiger partial charge in [0.15, 0.2) is 0 Å². The highest BCUT2D eigenvalue weighted by molar-refractivity contribution is 5.37. The molecule has 1 aromatic rings. The molecule has 0 spiro atoms. The van der Waals surface area contributed by atoms with E-state index >= 15 is 0 Å². The molecule has 1 aromatic carbocycles. The maximum absolute atomic E-state index is 5.50. The Morgan fingerprint density at radius 1 is 1.33 bits per heavy atom. The third kappa shape index (κ3) is 3.47. The summed E-state index contributed by atoms with van der Waals surface area (Å²) in [6.45, 7) is 1.88. The Bertz CT molecular complexity index is 379. The van der Waals surface area contributed by atoms with Crippen LogP contribution >= 0.6 is 0 Å². The van der Waals surface area contributed by atoms with Crippen LogP contribution in [0.4, 0.5) is 0 Å². The van der Waals surface area contributed by atoms with Crippen molar-refractivity contribution in [1.82, 2.24) is 5.32 Å². The number of hydrogen-bond acceptors (Lipinski definition) is 3. The summed E-state index contributed by atoms with van der Waals surface area (Å²) in [4.78, 5) is 0. The van der Waals surface area contributed by atoms with Crippen LogP contribution in [-0.2, 0) is 12.8 Å². The lowest BCUT2D eigenvalue weighted by atomic mass is 9.88. The van der Waals surface area contributed by atoms with E-state index in [1.807, 2.05) is 0 Å². The quantitative estimate of drug-likeness (QED) is 0.756. The van der Waals surface area contributed by atoms with Gasteiger partial charge in [0.2, 0.25) is 0 Å². The number of hydrogen-bond donors (Lipinski definition) is 2. The standard InChI is InChI=1S/C15H24N2O/c1-18-15-7-5-12-4-6-14(10-13(12)11-15)17-9-3-2-8-16/h5,7,11,14,17H,2-4,6,8-10,16H2,1H3. The molecule has 0 heterocycles. The van der Waals surface area contributed by atoms with Gasteiger partial charge < -0.3 is 15.8 Å². The number of benzene rings is 1. The van der Waals surface area contributed by atoms with E-state index in [2.05, 4.69) is 23.5 Å². The van der Waals surface area contributed by atoms with Crippen molar-refractivity contribution < 1.29 is 4.74 Å². The maximum Gasteiger partial charge on any atom is 0.119 e. The topological polar surface area (TPSA) is 47.3 Å². The summed E-state index contributed by atoms with van der Waals surface area (Å²) in [7, 11) is 1.73. The first kappa shape index (κ1) is 13.4. The number of rotatable bonds is 6. The summed E-state index contributed by atoms with van der Waals surface area (Å²) < 4.78 is 5.29. The number of ether oxygens (including phenoxy) is 1. The summed E-state index contributed by atoms with van der Waals surface area (Å²) in [6.07, 6.45) is 5.83. The number of fused-ring (bicyclic) bond motifs is 1. The molecule has 1 aliphatic carbocycles. The van der Waals surface area contributed by atoms with Crippen molar-refractivity contribution in [3.8, 4) is 5.75 Å². The van der Waals surface area contributed by atoms with Gasteiger partial charge in [0.1, 0.15) is 5.75 Å². The monoisotopic (exact) mass is 248 g/mol. The van der Waals surface area contributed by atoms with Crippen LogP contribution in [0.2, 0.25) is 0 Å². The van der Waals surface area contributed by atoms with Gasteiger partial charge in [-0.05, 0) is 68.5 Å². The van der Waals surface area contributed by atoms with Crippen LogP contribution in [0, 0.1) is 0 Å². The van der Waals surface area contributed by atoms with Crippen LogP contribution in [0.25, 0.3) is 0 Å². The molecule has 0 amide bonds. The Balaban J connectivity index is 1.88. The molecular formula is C15H24N2O. The molecule has 18 heavy (non-hydrogen) atoms. The number of methoxy groups -OCH3 is 1. The van der Waals surface area contributed by atoms with Crippen molar-refractivity contribution in [2.24, 2.45) is 5.73 Å². The van der Waals surface area contributed by atoms with Gasteiger partial charge in [0, 0.05) is 6.04 Å². The number of aryl methyl sites for hydroxylation is 1. The van der Waals surface area contributed by atoms with Crippen LogP contribution in [0.3, 0.4) is 0 Å². The molecule has 0 bridgehead atoms. The molecule has 2 rings (SSSR count). The molecule has 0 aliphatic heterocycles. The predicted molar refractivity (Wildman–Crippen MR) is 75.1 cm³/mol. The van der Waals surface area contributed by atoms with E-state index in [0.29, 0.717) is 6.04 Å². The smallest absolute Gasteiger partial charge is 0.119 e. The van der Waals surface area contributed by atoms with Gasteiger partial charge in [-0.1, -0.05) is 6.07 Å². The largest absolute Gasteiger partial charge is 0.497 e. The van der Waals surface area contributed by atoms with E-state index in [1.165, 1.54) is 30.4 Å². The summed E-state index contributed by atoms with van der Waals surface area (Å²) in [5.41, 5.74) is 8.43. The molecule has 0 fully saturated rings. The lowest BCUT2D eigenvalue weighted by molar-refractivity contribution is 0.410. The predicted octanol–water partition coefficient (Wildman–Crippen LogP) is 1.88. The number of nitrogens with two attached hydrogens (primary N) is 1. The zero-order chi connectivity index (χ0) is 12.8. The van der Waals surface area contributed by atoms with Crippen LogP contribution in [-0.4, -0.2) is 26.2 Å². The minimum atomic E-state index is 0.613. The van der Waals surface area contributed by atoms with Gasteiger partial charge in [-0.2, -0.15) is 0 Å². The number of unbranched alkanes of at least 4 members (excludes halogenated alkanes) is 1. The second-order valence-corrected chi connectivity index (χ2v) is 5.02.